The number of phenols is 2. The molecule has 2 aromatic rings. The fraction of sp³-hybridized carbons (Fsp3) is 0.143. The first kappa shape index (κ1) is 13.5. The second-order valence-corrected chi connectivity index (χ2v) is 11.2. The molecule has 0 amide bonds. The Kier molecular flexibility index (Phi) is 5.15. The molecule has 0 bridgehead atoms. The predicted octanol–water partition coefficient (Wildman–Crippen LogP) is 2.12. The van der Waals surface area contributed by atoms with Gasteiger partial charge in [0.1, 0.15) is 0 Å². The molecule has 2 N–H and O–H groups in total. The summed E-state index contributed by atoms with van der Waals surface area (Å²) in [5.41, 5.74) is 2.61. The molecule has 0 fully saturated rings. The molecule has 0 aliphatic carbocycles. The predicted molar refractivity (Wildman–Crippen MR) is 75.1 cm³/mol. The van der Waals surface area contributed by atoms with Gasteiger partial charge in [0.2, 0.25) is 0 Å². The van der Waals surface area contributed by atoms with E-state index in [-0.39, 0.29) is 0 Å². The van der Waals surface area contributed by atoms with Crippen molar-refractivity contribution in [3.05, 3.63) is 59.7 Å². The van der Waals surface area contributed by atoms with Crippen LogP contribution in [0.15, 0.2) is 48.5 Å². The normalized spacial score (nSPS) is 10.4. The number of aromatic hydroxyl groups is 2. The first-order valence-electron chi connectivity index (χ1n) is 5.54. The van der Waals surface area contributed by atoms with Gasteiger partial charge in [-0.15, -0.1) is 0 Å². The molecule has 0 aliphatic rings. The van der Waals surface area contributed by atoms with Gasteiger partial charge < -0.3 is 0 Å². The molecular weight excluding hydrogens is 358 g/mol. The van der Waals surface area contributed by atoms with Gasteiger partial charge in [0, 0.05) is 0 Å². The van der Waals surface area contributed by atoms with Crippen LogP contribution in [-0.4, -0.2) is 36.5 Å². The van der Waals surface area contributed by atoms with Crippen LogP contribution >= 0.6 is 0 Å². The molecule has 0 heterocycles. The topological polar surface area (TPSA) is 40.5 Å². The van der Waals surface area contributed by atoms with Crippen molar-refractivity contribution >= 4 is 26.3 Å². The van der Waals surface area contributed by atoms with Crippen molar-refractivity contribution in [2.45, 2.75) is 10.6 Å². The molecule has 0 unspecified atom stereocenters. The Morgan fingerprint density at radius 2 is 0.944 bits per heavy atom. The van der Waals surface area contributed by atoms with Crippen molar-refractivity contribution in [1.82, 2.24) is 0 Å². The summed E-state index contributed by atoms with van der Waals surface area (Å²) in [6, 6.07) is 15.0. The number of phenolic OH excluding ortho intramolecular Hbond substituents is 2. The Hall–Kier alpha value is -0.921. The minimum atomic E-state index is 0.334. The summed E-state index contributed by atoms with van der Waals surface area (Å²) in [5, 5.41) is 20.6. The zero-order chi connectivity index (χ0) is 12.8. The van der Waals surface area contributed by atoms with Crippen LogP contribution in [0.25, 0.3) is 0 Å². The molecule has 0 saturated heterocycles. The van der Waals surface area contributed by atoms with Crippen LogP contribution in [0.4, 0.5) is 0 Å². The van der Waals surface area contributed by atoms with Crippen LogP contribution in [0.1, 0.15) is 11.1 Å². The van der Waals surface area contributed by atoms with E-state index in [0.717, 1.165) is 10.6 Å². The van der Waals surface area contributed by atoms with Crippen molar-refractivity contribution in [3.63, 3.8) is 0 Å². The standard InChI is InChI=1S/C14H14O2Se2/c15-13-5-1-11(2-6-13)9-17-18-10-12-3-7-14(16)8-4-12/h1-8,15-16H,9-10H2. The van der Waals surface area contributed by atoms with Crippen molar-refractivity contribution in [2.75, 3.05) is 0 Å². The van der Waals surface area contributed by atoms with E-state index in [9.17, 15) is 10.2 Å². The van der Waals surface area contributed by atoms with Crippen LogP contribution < -0.4 is 0 Å². The number of benzene rings is 2. The van der Waals surface area contributed by atoms with E-state index in [0.29, 0.717) is 37.8 Å². The molecular formula is C14H14O2Se2. The van der Waals surface area contributed by atoms with Gasteiger partial charge >= 0.3 is 118 Å². The van der Waals surface area contributed by atoms with Gasteiger partial charge in [0.05, 0.1) is 0 Å². The van der Waals surface area contributed by atoms with Crippen LogP contribution in [0.5, 0.6) is 11.5 Å². The summed E-state index contributed by atoms with van der Waals surface area (Å²) in [5.74, 6) is 0.668. The second-order valence-electron chi connectivity index (χ2n) is 3.86. The van der Waals surface area contributed by atoms with Crippen LogP contribution in [0.2, 0.25) is 0 Å². The Morgan fingerprint density at radius 1 is 0.611 bits per heavy atom. The molecule has 0 aliphatic heterocycles. The van der Waals surface area contributed by atoms with Gasteiger partial charge in [-0.3, -0.25) is 0 Å². The quantitative estimate of drug-likeness (QED) is 0.624. The second kappa shape index (κ2) is 6.86. The summed E-state index contributed by atoms with van der Waals surface area (Å²) >= 11 is 1.28. The van der Waals surface area contributed by atoms with Gasteiger partial charge in [-0.25, -0.2) is 0 Å². The Balaban J connectivity index is 1.73. The molecule has 4 heteroatoms. The monoisotopic (exact) mass is 374 g/mol. The molecule has 2 aromatic carbocycles. The van der Waals surface area contributed by atoms with Crippen molar-refractivity contribution in [2.24, 2.45) is 0 Å². The van der Waals surface area contributed by atoms with Crippen molar-refractivity contribution < 1.29 is 10.2 Å². The van der Waals surface area contributed by atoms with E-state index in [1.54, 1.807) is 24.3 Å². The van der Waals surface area contributed by atoms with Gasteiger partial charge in [-0.1, -0.05) is 0 Å². The fourth-order valence-electron chi connectivity index (χ4n) is 1.40. The van der Waals surface area contributed by atoms with E-state index in [4.69, 9.17) is 0 Å². The van der Waals surface area contributed by atoms with Gasteiger partial charge in [0.15, 0.2) is 0 Å². The van der Waals surface area contributed by atoms with Gasteiger partial charge in [-0.2, -0.15) is 0 Å². The van der Waals surface area contributed by atoms with Crippen molar-refractivity contribution in [3.8, 4) is 11.5 Å². The van der Waals surface area contributed by atoms with E-state index < -0.39 is 0 Å². The first-order valence-corrected chi connectivity index (χ1v) is 12.3. The fourth-order valence-corrected chi connectivity index (χ4v) is 7.92. The molecule has 2 rings (SSSR count). The van der Waals surface area contributed by atoms with Gasteiger partial charge in [0.25, 0.3) is 0 Å². The molecule has 0 spiro atoms. The molecule has 0 atom stereocenters. The van der Waals surface area contributed by atoms with E-state index >= 15 is 0 Å². The maximum absolute atomic E-state index is 9.19. The summed E-state index contributed by atoms with van der Waals surface area (Å²) in [7, 11) is 0. The zero-order valence-corrected chi connectivity index (χ0v) is 13.2. The minimum absolute atomic E-state index is 0.334. The van der Waals surface area contributed by atoms with Crippen LogP contribution in [0.3, 0.4) is 0 Å². The molecule has 94 valence electrons. The Morgan fingerprint density at radius 3 is 1.28 bits per heavy atom. The first-order chi connectivity index (χ1) is 8.74. The number of hydrogen-bond acceptors (Lipinski definition) is 2. The average molecular weight is 372 g/mol. The molecule has 0 saturated carbocycles. The van der Waals surface area contributed by atoms with Crippen molar-refractivity contribution in [1.29, 1.82) is 0 Å². The SMILES string of the molecule is Oc1ccc(C[Se][Se]Cc2ccc(O)cc2)cc1. The summed E-state index contributed by atoms with van der Waals surface area (Å²) in [6.45, 7) is 0. The third-order valence-electron chi connectivity index (χ3n) is 2.41. The third kappa shape index (κ3) is 4.39. The van der Waals surface area contributed by atoms with E-state index in [1.807, 2.05) is 24.3 Å². The maximum atomic E-state index is 9.19. The summed E-state index contributed by atoms with van der Waals surface area (Å²) < 4.78 is 0. The van der Waals surface area contributed by atoms with E-state index in [2.05, 4.69) is 0 Å². The summed E-state index contributed by atoms with van der Waals surface area (Å²) in [6.07, 6.45) is 0. The zero-order valence-electron chi connectivity index (χ0n) is 9.74. The third-order valence-corrected chi connectivity index (χ3v) is 9.04. The molecule has 18 heavy (non-hydrogen) atoms. The number of hydrogen-bond donors (Lipinski definition) is 2. The summed E-state index contributed by atoms with van der Waals surface area (Å²) in [4.78, 5) is 0. The molecule has 2 nitrogen and oxygen atoms in total. The van der Waals surface area contributed by atoms with E-state index in [1.165, 1.54) is 11.1 Å². The van der Waals surface area contributed by atoms with Gasteiger partial charge in [-0.05, 0) is 0 Å². The number of rotatable bonds is 5. The Labute approximate surface area is 118 Å². The van der Waals surface area contributed by atoms with Crippen LogP contribution in [0, 0.1) is 0 Å². The Bertz CT molecular complexity index is 433. The average Bonchev–Trinajstić information content (AvgIpc) is 2.39. The molecule has 0 aromatic heterocycles. The molecule has 0 radical (unpaired) electrons. The van der Waals surface area contributed by atoms with Crippen LogP contribution in [-0.2, 0) is 10.6 Å².